The number of carbonyl (C=O) groups is 1. The number of thioether (sulfide) groups is 1. The first-order valence-electron chi connectivity index (χ1n) is 8.00. The summed E-state index contributed by atoms with van der Waals surface area (Å²) < 4.78 is 5.15. The molecule has 0 unspecified atom stereocenters. The van der Waals surface area contributed by atoms with Gasteiger partial charge in [-0.1, -0.05) is 47.6 Å². The highest BCUT2D eigenvalue weighted by Crippen LogP contribution is 2.22. The molecule has 3 rings (SSSR count). The highest BCUT2D eigenvalue weighted by Gasteiger charge is 2.24. The molecule has 0 radical (unpaired) electrons. The van der Waals surface area contributed by atoms with Gasteiger partial charge in [0.1, 0.15) is 5.75 Å². The molecule has 0 fully saturated rings. The minimum Gasteiger partial charge on any atom is -0.497 e. The molecule has 25 heavy (non-hydrogen) atoms. The molecule has 0 bridgehead atoms. The molecule has 0 aromatic heterocycles. The summed E-state index contributed by atoms with van der Waals surface area (Å²) in [6.45, 7) is 1.30. The van der Waals surface area contributed by atoms with Gasteiger partial charge in [0.2, 0.25) is 5.91 Å². The standard InChI is InChI=1S/C19H19ClN2O2S/c1-24-17-7-5-14(6-8-17)12-18(23)22-10-9-21-19(22)25-13-15-3-2-4-16(20)11-15/h2-8,11H,9-10,12-13H2,1H3. The molecule has 4 nitrogen and oxygen atoms in total. The normalized spacial score (nSPS) is 13.7. The summed E-state index contributed by atoms with van der Waals surface area (Å²) in [5, 5.41) is 1.51. The minimum atomic E-state index is 0.0695. The van der Waals surface area contributed by atoms with E-state index in [2.05, 4.69) is 4.99 Å². The van der Waals surface area contributed by atoms with Gasteiger partial charge in [-0.2, -0.15) is 0 Å². The summed E-state index contributed by atoms with van der Waals surface area (Å²) >= 11 is 7.59. The van der Waals surface area contributed by atoms with Crippen LogP contribution in [0, 0.1) is 0 Å². The van der Waals surface area contributed by atoms with Crippen molar-refractivity contribution in [1.82, 2.24) is 4.90 Å². The van der Waals surface area contributed by atoms with Gasteiger partial charge in [0.05, 0.1) is 20.1 Å². The monoisotopic (exact) mass is 374 g/mol. The third-order valence-corrected chi connectivity index (χ3v) is 5.19. The Morgan fingerprint density at radius 2 is 2.04 bits per heavy atom. The van der Waals surface area contributed by atoms with Gasteiger partial charge in [-0.05, 0) is 35.4 Å². The lowest BCUT2D eigenvalue weighted by molar-refractivity contribution is -0.126. The Hall–Kier alpha value is -1.98. The lowest BCUT2D eigenvalue weighted by atomic mass is 10.1. The fraction of sp³-hybridized carbons (Fsp3) is 0.263. The molecule has 0 aliphatic carbocycles. The van der Waals surface area contributed by atoms with Crippen LogP contribution in [0.25, 0.3) is 0 Å². The first-order valence-corrected chi connectivity index (χ1v) is 9.37. The molecule has 1 amide bonds. The Balaban J connectivity index is 1.59. The van der Waals surface area contributed by atoms with E-state index in [-0.39, 0.29) is 5.91 Å². The van der Waals surface area contributed by atoms with Crippen molar-refractivity contribution >= 4 is 34.4 Å². The smallest absolute Gasteiger partial charge is 0.233 e. The minimum absolute atomic E-state index is 0.0695. The van der Waals surface area contributed by atoms with Crippen LogP contribution in [0.2, 0.25) is 5.02 Å². The number of amides is 1. The Bertz CT molecular complexity index is 777. The molecule has 1 heterocycles. The van der Waals surface area contributed by atoms with Crippen molar-refractivity contribution in [1.29, 1.82) is 0 Å². The third-order valence-electron chi connectivity index (χ3n) is 3.87. The number of rotatable bonds is 5. The molecule has 0 atom stereocenters. The van der Waals surface area contributed by atoms with Crippen LogP contribution in [0.3, 0.4) is 0 Å². The van der Waals surface area contributed by atoms with E-state index >= 15 is 0 Å². The van der Waals surface area contributed by atoms with Crippen LogP contribution in [0.5, 0.6) is 5.75 Å². The van der Waals surface area contributed by atoms with Crippen molar-refractivity contribution in [2.45, 2.75) is 12.2 Å². The molecule has 0 N–H and O–H groups in total. The van der Waals surface area contributed by atoms with E-state index < -0.39 is 0 Å². The number of hydrogen-bond acceptors (Lipinski definition) is 4. The predicted molar refractivity (Wildman–Crippen MR) is 103 cm³/mol. The van der Waals surface area contributed by atoms with E-state index in [1.807, 2.05) is 48.5 Å². The fourth-order valence-electron chi connectivity index (χ4n) is 2.57. The van der Waals surface area contributed by atoms with Crippen molar-refractivity contribution in [2.24, 2.45) is 4.99 Å². The summed E-state index contributed by atoms with van der Waals surface area (Å²) in [6.07, 6.45) is 0.362. The van der Waals surface area contributed by atoms with Gasteiger partial charge in [0.25, 0.3) is 0 Å². The van der Waals surface area contributed by atoms with Crippen molar-refractivity contribution in [3.63, 3.8) is 0 Å². The van der Waals surface area contributed by atoms with Crippen LogP contribution in [0.15, 0.2) is 53.5 Å². The Morgan fingerprint density at radius 3 is 2.76 bits per heavy atom. The van der Waals surface area contributed by atoms with Crippen LogP contribution >= 0.6 is 23.4 Å². The number of amidine groups is 1. The van der Waals surface area contributed by atoms with E-state index in [0.717, 1.165) is 32.8 Å². The van der Waals surface area contributed by atoms with E-state index in [0.29, 0.717) is 19.5 Å². The van der Waals surface area contributed by atoms with E-state index in [1.165, 1.54) is 0 Å². The van der Waals surface area contributed by atoms with Crippen LogP contribution in [-0.4, -0.2) is 36.2 Å². The second-order valence-electron chi connectivity index (χ2n) is 5.65. The molecule has 130 valence electrons. The van der Waals surface area contributed by atoms with Crippen LogP contribution in [0.4, 0.5) is 0 Å². The third kappa shape index (κ3) is 4.77. The van der Waals surface area contributed by atoms with Gasteiger partial charge in [0.15, 0.2) is 5.17 Å². The van der Waals surface area contributed by atoms with Crippen molar-refractivity contribution in [2.75, 3.05) is 20.2 Å². The number of halogens is 1. The Morgan fingerprint density at radius 1 is 1.24 bits per heavy atom. The zero-order chi connectivity index (χ0) is 17.6. The zero-order valence-corrected chi connectivity index (χ0v) is 15.5. The fourth-order valence-corrected chi connectivity index (χ4v) is 3.79. The number of carbonyl (C=O) groups excluding carboxylic acids is 1. The molecular weight excluding hydrogens is 356 g/mol. The first-order chi connectivity index (χ1) is 12.2. The average Bonchev–Trinajstić information content (AvgIpc) is 3.09. The number of benzene rings is 2. The van der Waals surface area contributed by atoms with Gasteiger partial charge < -0.3 is 4.74 Å². The molecule has 0 spiro atoms. The second kappa shape index (κ2) is 8.41. The maximum Gasteiger partial charge on any atom is 0.233 e. The molecule has 2 aromatic carbocycles. The molecule has 0 saturated heterocycles. The molecule has 0 saturated carbocycles. The van der Waals surface area contributed by atoms with Crippen LogP contribution < -0.4 is 4.74 Å². The first kappa shape index (κ1) is 17.8. The average molecular weight is 375 g/mol. The lowest BCUT2D eigenvalue weighted by Crippen LogP contribution is -2.34. The molecule has 1 aliphatic heterocycles. The summed E-state index contributed by atoms with van der Waals surface area (Å²) in [5.41, 5.74) is 2.09. The topological polar surface area (TPSA) is 41.9 Å². The van der Waals surface area contributed by atoms with Crippen LogP contribution in [0.1, 0.15) is 11.1 Å². The zero-order valence-electron chi connectivity index (χ0n) is 13.9. The number of methoxy groups -OCH3 is 1. The summed E-state index contributed by atoms with van der Waals surface area (Å²) in [4.78, 5) is 18.9. The lowest BCUT2D eigenvalue weighted by Gasteiger charge is -2.18. The van der Waals surface area contributed by atoms with Crippen molar-refractivity contribution in [3.05, 3.63) is 64.7 Å². The van der Waals surface area contributed by atoms with Crippen molar-refractivity contribution < 1.29 is 9.53 Å². The Labute approximate surface area is 156 Å². The van der Waals surface area contributed by atoms with Gasteiger partial charge in [-0.15, -0.1) is 0 Å². The number of hydrogen-bond donors (Lipinski definition) is 0. The summed E-state index contributed by atoms with van der Waals surface area (Å²) in [7, 11) is 1.63. The number of nitrogens with zero attached hydrogens (tertiary/aromatic N) is 2. The predicted octanol–water partition coefficient (Wildman–Crippen LogP) is 4.02. The molecule has 2 aromatic rings. The van der Waals surface area contributed by atoms with Crippen molar-refractivity contribution in [3.8, 4) is 5.75 Å². The van der Waals surface area contributed by atoms with Gasteiger partial charge >= 0.3 is 0 Å². The maximum atomic E-state index is 12.6. The number of aliphatic imine (C=N–C) groups is 1. The van der Waals surface area contributed by atoms with Gasteiger partial charge in [-0.3, -0.25) is 14.7 Å². The molecular formula is C19H19ClN2O2S. The van der Waals surface area contributed by atoms with Gasteiger partial charge in [0, 0.05) is 17.3 Å². The molecule has 6 heteroatoms. The second-order valence-corrected chi connectivity index (χ2v) is 7.03. The SMILES string of the molecule is COc1ccc(CC(=O)N2CCN=C2SCc2cccc(Cl)c2)cc1. The highest BCUT2D eigenvalue weighted by atomic mass is 35.5. The summed E-state index contributed by atoms with van der Waals surface area (Å²) in [5.74, 6) is 1.60. The maximum absolute atomic E-state index is 12.6. The quantitative estimate of drug-likeness (QED) is 0.793. The largest absolute Gasteiger partial charge is 0.497 e. The van der Waals surface area contributed by atoms with E-state index in [4.69, 9.17) is 16.3 Å². The Kier molecular flexibility index (Phi) is 6.00. The van der Waals surface area contributed by atoms with E-state index in [1.54, 1.807) is 23.8 Å². The summed E-state index contributed by atoms with van der Waals surface area (Å²) in [6, 6.07) is 15.3. The van der Waals surface area contributed by atoms with Crippen LogP contribution in [-0.2, 0) is 17.0 Å². The highest BCUT2D eigenvalue weighted by molar-refractivity contribution is 8.13. The number of ether oxygens (including phenoxy) is 1. The van der Waals surface area contributed by atoms with Gasteiger partial charge in [-0.25, -0.2) is 0 Å². The van der Waals surface area contributed by atoms with E-state index in [9.17, 15) is 4.79 Å². The molecule has 1 aliphatic rings.